The summed E-state index contributed by atoms with van der Waals surface area (Å²) >= 11 is 0. The lowest BCUT2D eigenvalue weighted by molar-refractivity contribution is -0.129. The average Bonchev–Trinajstić information content (AvgIpc) is 2.95. The lowest BCUT2D eigenvalue weighted by Crippen LogP contribution is -2.56. The number of nitrogens with one attached hydrogen (secondary N) is 2. The van der Waals surface area contributed by atoms with Crippen LogP contribution in [0.4, 0.5) is 23.0 Å². The average molecular weight is 562 g/mol. The van der Waals surface area contributed by atoms with Crippen molar-refractivity contribution in [3.63, 3.8) is 0 Å². The van der Waals surface area contributed by atoms with E-state index in [4.69, 9.17) is 10.7 Å². The number of piperazine rings is 1. The fourth-order valence-corrected chi connectivity index (χ4v) is 6.05. The second-order valence-corrected chi connectivity index (χ2v) is 11.4. The maximum Gasteiger partial charge on any atom is 0.271 e. The van der Waals surface area contributed by atoms with Gasteiger partial charge in [0.05, 0.1) is 11.7 Å². The molecule has 0 unspecified atom stereocenters. The van der Waals surface area contributed by atoms with Crippen LogP contribution in [0.3, 0.4) is 0 Å². The predicted molar refractivity (Wildman–Crippen MR) is 163 cm³/mol. The first-order chi connectivity index (χ1) is 19.7. The van der Waals surface area contributed by atoms with Gasteiger partial charge in [-0.25, -0.2) is 9.97 Å². The first-order valence-electron chi connectivity index (χ1n) is 14.7. The number of primary amides is 1. The third kappa shape index (κ3) is 6.46. The molecule has 4 N–H and O–H groups in total. The fourth-order valence-electron chi connectivity index (χ4n) is 6.05. The van der Waals surface area contributed by atoms with Gasteiger partial charge in [0.1, 0.15) is 0 Å². The topological polar surface area (TPSA) is 123 Å². The summed E-state index contributed by atoms with van der Waals surface area (Å²) in [7, 11) is 2.20. The van der Waals surface area contributed by atoms with Crippen LogP contribution in [-0.4, -0.2) is 108 Å². The minimum atomic E-state index is -0.635. The number of nitrogens with zero attached hydrogens (tertiary/aromatic N) is 6. The van der Waals surface area contributed by atoms with E-state index in [2.05, 4.69) is 63.0 Å². The molecule has 1 aromatic carbocycles. The summed E-state index contributed by atoms with van der Waals surface area (Å²) in [6, 6.07) is 6.97. The van der Waals surface area contributed by atoms with Crippen LogP contribution < -0.4 is 21.3 Å². The van der Waals surface area contributed by atoms with Gasteiger partial charge in [0.15, 0.2) is 17.3 Å². The van der Waals surface area contributed by atoms with Gasteiger partial charge in [0.2, 0.25) is 5.91 Å². The zero-order valence-corrected chi connectivity index (χ0v) is 24.5. The number of benzene rings is 1. The highest BCUT2D eigenvalue weighted by Gasteiger charge is 2.31. The molecule has 11 nitrogen and oxygen atoms in total. The molecular formula is C30H43N9O2. The normalized spacial score (nSPS) is 19.1. The van der Waals surface area contributed by atoms with Gasteiger partial charge < -0.3 is 31.1 Å². The smallest absolute Gasteiger partial charge is 0.271 e. The van der Waals surface area contributed by atoms with Gasteiger partial charge in [0, 0.05) is 69.8 Å². The molecule has 5 rings (SSSR count). The van der Waals surface area contributed by atoms with Crippen molar-refractivity contribution in [2.45, 2.75) is 45.2 Å². The van der Waals surface area contributed by atoms with Crippen LogP contribution >= 0.6 is 0 Å². The first kappa shape index (κ1) is 28.8. The lowest BCUT2D eigenvalue weighted by atomic mass is 10.0. The van der Waals surface area contributed by atoms with Crippen LogP contribution in [0.2, 0.25) is 0 Å². The van der Waals surface area contributed by atoms with E-state index in [0.29, 0.717) is 42.9 Å². The van der Waals surface area contributed by atoms with Crippen LogP contribution in [-0.2, 0) is 11.2 Å². The molecule has 3 fully saturated rings. The number of piperidine rings is 1. The number of anilines is 4. The fraction of sp³-hybridized carbons (Fsp3) is 0.533. The number of likely N-dealkylation sites (tertiary alicyclic amines) is 1. The Balaban J connectivity index is 1.26. The summed E-state index contributed by atoms with van der Waals surface area (Å²) < 4.78 is 0. The molecule has 3 aliphatic heterocycles. The Bertz CT molecular complexity index is 1280. The molecule has 4 heterocycles. The first-order valence-corrected chi connectivity index (χ1v) is 14.7. The summed E-state index contributed by atoms with van der Waals surface area (Å²) in [5.74, 6) is 0.182. The largest absolute Gasteiger partial charge is 0.371 e. The monoisotopic (exact) mass is 561 g/mol. The summed E-state index contributed by atoms with van der Waals surface area (Å²) in [6.45, 7) is 15.5. The number of carbonyl (C=O) groups excluding carboxylic acids is 2. The third-order valence-electron chi connectivity index (χ3n) is 8.56. The highest BCUT2D eigenvalue weighted by atomic mass is 16.2. The zero-order chi connectivity index (χ0) is 29.1. The standard InChI is InChI=1S/C30H43N9O2/c1-5-24-29(33-22-18-39(19-22)26(40)6-2)35-30(27(34-24)28(31)41)32-21-7-8-25(20(3)17-21)38-11-9-23(10-12-38)37-15-13-36(4)14-16-37/h6-8,17,22-23H,2,5,9-16,18-19H2,1,3-4H3,(H2,31,41)(H2,32,33,35). The summed E-state index contributed by atoms with van der Waals surface area (Å²) in [5, 5.41) is 6.68. The minimum Gasteiger partial charge on any atom is -0.371 e. The quantitative estimate of drug-likeness (QED) is 0.396. The van der Waals surface area contributed by atoms with Gasteiger partial charge in [-0.15, -0.1) is 0 Å². The number of hydrogen-bond acceptors (Lipinski definition) is 9. The van der Waals surface area contributed by atoms with E-state index < -0.39 is 5.91 Å². The molecular weight excluding hydrogens is 518 g/mol. The van der Waals surface area contributed by atoms with Crippen molar-refractivity contribution >= 4 is 34.8 Å². The Morgan fingerprint density at radius 3 is 2.39 bits per heavy atom. The maximum atomic E-state index is 12.3. The van der Waals surface area contributed by atoms with Crippen LogP contribution in [0.1, 0.15) is 41.5 Å². The van der Waals surface area contributed by atoms with E-state index >= 15 is 0 Å². The van der Waals surface area contributed by atoms with Crippen LogP contribution in [0.15, 0.2) is 30.9 Å². The number of rotatable bonds is 9. The number of aromatic nitrogens is 2. The van der Waals surface area contributed by atoms with Gasteiger partial charge in [-0.2, -0.15) is 0 Å². The number of amides is 2. The second-order valence-electron chi connectivity index (χ2n) is 11.4. The second kappa shape index (κ2) is 12.4. The van der Waals surface area contributed by atoms with Crippen molar-refractivity contribution in [1.29, 1.82) is 0 Å². The van der Waals surface area contributed by atoms with Gasteiger partial charge in [0.25, 0.3) is 5.91 Å². The summed E-state index contributed by atoms with van der Waals surface area (Å²) in [5.41, 5.74) is 9.68. The molecule has 11 heteroatoms. The summed E-state index contributed by atoms with van der Waals surface area (Å²) in [6.07, 6.45) is 4.26. The molecule has 0 atom stereocenters. The van der Waals surface area contributed by atoms with Crippen molar-refractivity contribution in [3.8, 4) is 0 Å². The molecule has 41 heavy (non-hydrogen) atoms. The van der Waals surface area contributed by atoms with E-state index in [-0.39, 0.29) is 17.6 Å². The molecule has 1 aromatic heterocycles. The van der Waals surface area contributed by atoms with E-state index in [0.717, 1.165) is 37.4 Å². The highest BCUT2D eigenvalue weighted by molar-refractivity contribution is 5.96. The minimum absolute atomic E-state index is 0.0488. The molecule has 0 bridgehead atoms. The van der Waals surface area contributed by atoms with Crippen molar-refractivity contribution in [1.82, 2.24) is 24.7 Å². The zero-order valence-electron chi connectivity index (χ0n) is 24.5. The molecule has 0 spiro atoms. The van der Waals surface area contributed by atoms with Crippen LogP contribution in [0, 0.1) is 6.92 Å². The number of nitrogens with two attached hydrogens (primary N) is 1. The van der Waals surface area contributed by atoms with Crippen LogP contribution in [0.5, 0.6) is 0 Å². The maximum absolute atomic E-state index is 12.3. The number of carbonyl (C=O) groups is 2. The van der Waals surface area contributed by atoms with Crippen molar-refractivity contribution in [2.75, 3.05) is 74.9 Å². The molecule has 0 radical (unpaired) electrons. The Hall–Kier alpha value is -3.70. The molecule has 0 aliphatic carbocycles. The van der Waals surface area contributed by atoms with Gasteiger partial charge in [-0.05, 0) is 63.1 Å². The predicted octanol–water partition coefficient (Wildman–Crippen LogP) is 2.21. The molecule has 3 saturated heterocycles. The van der Waals surface area contributed by atoms with E-state index in [9.17, 15) is 9.59 Å². The molecule has 3 aliphatic rings. The van der Waals surface area contributed by atoms with Crippen LogP contribution in [0.25, 0.3) is 0 Å². The highest BCUT2D eigenvalue weighted by Crippen LogP contribution is 2.30. The van der Waals surface area contributed by atoms with Gasteiger partial charge >= 0.3 is 0 Å². The number of aryl methyl sites for hydroxylation is 2. The molecule has 0 saturated carbocycles. The Morgan fingerprint density at radius 2 is 1.78 bits per heavy atom. The van der Waals surface area contributed by atoms with E-state index in [1.807, 2.05) is 13.0 Å². The lowest BCUT2D eigenvalue weighted by Gasteiger charge is -2.43. The summed E-state index contributed by atoms with van der Waals surface area (Å²) in [4.78, 5) is 42.7. The van der Waals surface area contributed by atoms with E-state index in [1.54, 1.807) is 4.90 Å². The van der Waals surface area contributed by atoms with Crippen molar-refractivity contribution in [3.05, 3.63) is 47.8 Å². The van der Waals surface area contributed by atoms with Gasteiger partial charge in [-0.3, -0.25) is 14.5 Å². The van der Waals surface area contributed by atoms with Crippen molar-refractivity contribution < 1.29 is 9.59 Å². The molecule has 220 valence electrons. The van der Waals surface area contributed by atoms with E-state index in [1.165, 1.54) is 37.7 Å². The Labute approximate surface area is 242 Å². The van der Waals surface area contributed by atoms with Crippen molar-refractivity contribution in [2.24, 2.45) is 5.73 Å². The molecule has 2 amide bonds. The third-order valence-corrected chi connectivity index (χ3v) is 8.56. The van der Waals surface area contributed by atoms with Gasteiger partial charge in [-0.1, -0.05) is 13.5 Å². The molecule has 2 aromatic rings. The number of likely N-dealkylation sites (N-methyl/N-ethyl adjacent to an activating group) is 1. The Morgan fingerprint density at radius 1 is 1.07 bits per heavy atom. The SMILES string of the molecule is C=CC(=O)N1CC(Nc2nc(Nc3ccc(N4CCC(N5CCN(C)CC5)CC4)c(C)c3)c(C(N)=O)nc2CC)C1. The Kier molecular flexibility index (Phi) is 8.74. The number of hydrogen-bond donors (Lipinski definition) is 3.